The van der Waals surface area contributed by atoms with Crippen LogP contribution in [-0.2, 0) is 4.74 Å². The highest BCUT2D eigenvalue weighted by molar-refractivity contribution is 4.84. The molecule has 0 saturated heterocycles. The van der Waals surface area contributed by atoms with E-state index in [1.807, 2.05) is 7.05 Å². The summed E-state index contributed by atoms with van der Waals surface area (Å²) in [6.45, 7) is 2.36. The zero-order chi connectivity index (χ0) is 13.6. The highest BCUT2D eigenvalue weighted by Crippen LogP contribution is 2.29. The fourth-order valence-corrected chi connectivity index (χ4v) is 2.60. The second kappa shape index (κ2) is 7.34. The molecule has 1 saturated carbocycles. The SMILES string of the molecule is CCC1CCC(NC)C(OCCCC(F)(F)F)C1. The van der Waals surface area contributed by atoms with Crippen molar-refractivity contribution in [2.24, 2.45) is 5.92 Å². The molecule has 3 unspecified atom stereocenters. The number of halogens is 3. The van der Waals surface area contributed by atoms with Crippen molar-refractivity contribution in [3.8, 4) is 0 Å². The standard InChI is InChI=1S/C13H24F3NO/c1-3-10-5-6-11(17-2)12(9-10)18-8-4-7-13(14,15)16/h10-12,17H,3-9H2,1-2H3. The van der Waals surface area contributed by atoms with Gasteiger partial charge in [-0.2, -0.15) is 13.2 Å². The summed E-state index contributed by atoms with van der Waals surface area (Å²) in [6, 6.07) is 0.290. The van der Waals surface area contributed by atoms with Crippen LogP contribution in [0.1, 0.15) is 45.4 Å². The molecule has 1 rings (SSSR count). The van der Waals surface area contributed by atoms with E-state index < -0.39 is 12.6 Å². The summed E-state index contributed by atoms with van der Waals surface area (Å²) >= 11 is 0. The molecular formula is C13H24F3NO. The van der Waals surface area contributed by atoms with Crippen LogP contribution < -0.4 is 5.32 Å². The van der Waals surface area contributed by atoms with Gasteiger partial charge in [0.05, 0.1) is 6.10 Å². The Labute approximate surface area is 107 Å². The molecule has 0 spiro atoms. The molecule has 108 valence electrons. The lowest BCUT2D eigenvalue weighted by atomic mass is 9.82. The van der Waals surface area contributed by atoms with Gasteiger partial charge in [0.1, 0.15) is 0 Å². The predicted octanol–water partition coefficient (Wildman–Crippen LogP) is 3.51. The van der Waals surface area contributed by atoms with Gasteiger partial charge in [-0.3, -0.25) is 0 Å². The van der Waals surface area contributed by atoms with Gasteiger partial charge in [0.15, 0.2) is 0 Å². The van der Waals surface area contributed by atoms with E-state index in [1.54, 1.807) is 0 Å². The zero-order valence-corrected chi connectivity index (χ0v) is 11.2. The summed E-state index contributed by atoms with van der Waals surface area (Å²) in [6.07, 6.45) is -0.351. The topological polar surface area (TPSA) is 21.3 Å². The summed E-state index contributed by atoms with van der Waals surface area (Å²) in [5, 5.41) is 3.21. The number of alkyl halides is 3. The third-order valence-corrected chi connectivity index (χ3v) is 3.79. The second-order valence-corrected chi connectivity index (χ2v) is 5.11. The van der Waals surface area contributed by atoms with Crippen molar-refractivity contribution in [2.75, 3.05) is 13.7 Å². The van der Waals surface area contributed by atoms with Crippen LogP contribution in [0.5, 0.6) is 0 Å². The summed E-state index contributed by atoms with van der Waals surface area (Å²) in [5.41, 5.74) is 0. The van der Waals surface area contributed by atoms with E-state index in [0.29, 0.717) is 12.0 Å². The van der Waals surface area contributed by atoms with E-state index in [-0.39, 0.29) is 19.1 Å². The lowest BCUT2D eigenvalue weighted by Gasteiger charge is -2.35. The maximum atomic E-state index is 12.0. The quantitative estimate of drug-likeness (QED) is 0.744. The first-order valence-corrected chi connectivity index (χ1v) is 6.82. The number of likely N-dealkylation sites (N-methyl/N-ethyl adjacent to an activating group) is 1. The first kappa shape index (κ1) is 15.8. The largest absolute Gasteiger partial charge is 0.389 e. The molecular weight excluding hydrogens is 243 g/mol. The van der Waals surface area contributed by atoms with E-state index in [0.717, 1.165) is 19.3 Å². The molecule has 0 aromatic heterocycles. The number of ether oxygens (including phenoxy) is 1. The molecule has 1 aliphatic carbocycles. The molecule has 0 bridgehead atoms. The Morgan fingerprint density at radius 1 is 1.28 bits per heavy atom. The Hall–Kier alpha value is -0.290. The molecule has 0 amide bonds. The third kappa shape index (κ3) is 5.57. The summed E-state index contributed by atoms with van der Waals surface area (Å²) in [4.78, 5) is 0. The highest BCUT2D eigenvalue weighted by Gasteiger charge is 2.30. The van der Waals surface area contributed by atoms with Crippen molar-refractivity contribution < 1.29 is 17.9 Å². The van der Waals surface area contributed by atoms with Crippen LogP contribution in [0.3, 0.4) is 0 Å². The molecule has 18 heavy (non-hydrogen) atoms. The van der Waals surface area contributed by atoms with E-state index in [4.69, 9.17) is 4.74 Å². The minimum absolute atomic E-state index is 0.0627. The van der Waals surface area contributed by atoms with E-state index in [9.17, 15) is 13.2 Å². The average Bonchev–Trinajstić information content (AvgIpc) is 2.33. The number of hydrogen-bond acceptors (Lipinski definition) is 2. The Balaban J connectivity index is 2.28. The Bertz CT molecular complexity index is 233. The van der Waals surface area contributed by atoms with Crippen molar-refractivity contribution in [1.82, 2.24) is 5.32 Å². The lowest BCUT2D eigenvalue weighted by Crippen LogP contribution is -2.44. The Kier molecular flexibility index (Phi) is 6.43. The second-order valence-electron chi connectivity index (χ2n) is 5.11. The van der Waals surface area contributed by atoms with Crippen molar-refractivity contribution >= 4 is 0 Å². The summed E-state index contributed by atoms with van der Waals surface area (Å²) in [5.74, 6) is 0.655. The molecule has 1 fully saturated rings. The van der Waals surface area contributed by atoms with Crippen LogP contribution in [0, 0.1) is 5.92 Å². The van der Waals surface area contributed by atoms with Gasteiger partial charge >= 0.3 is 6.18 Å². The molecule has 0 aromatic rings. The Morgan fingerprint density at radius 2 is 2.00 bits per heavy atom. The smallest absolute Gasteiger partial charge is 0.377 e. The van der Waals surface area contributed by atoms with E-state index >= 15 is 0 Å². The highest BCUT2D eigenvalue weighted by atomic mass is 19.4. The van der Waals surface area contributed by atoms with Crippen LogP contribution in [0.4, 0.5) is 13.2 Å². The van der Waals surface area contributed by atoms with Crippen molar-refractivity contribution in [1.29, 1.82) is 0 Å². The molecule has 0 aromatic carbocycles. The van der Waals surface area contributed by atoms with Gasteiger partial charge in [-0.25, -0.2) is 0 Å². The van der Waals surface area contributed by atoms with Crippen LogP contribution in [-0.4, -0.2) is 32.0 Å². The number of hydrogen-bond donors (Lipinski definition) is 1. The van der Waals surface area contributed by atoms with Crippen LogP contribution in [0.2, 0.25) is 0 Å². The third-order valence-electron chi connectivity index (χ3n) is 3.79. The summed E-state index contributed by atoms with van der Waals surface area (Å²) in [7, 11) is 1.89. The maximum absolute atomic E-state index is 12.0. The maximum Gasteiger partial charge on any atom is 0.389 e. The van der Waals surface area contributed by atoms with E-state index in [2.05, 4.69) is 12.2 Å². The average molecular weight is 267 g/mol. The van der Waals surface area contributed by atoms with E-state index in [1.165, 1.54) is 6.42 Å². The first-order valence-electron chi connectivity index (χ1n) is 6.82. The van der Waals surface area contributed by atoms with Crippen LogP contribution in [0.15, 0.2) is 0 Å². The van der Waals surface area contributed by atoms with Gasteiger partial charge in [-0.1, -0.05) is 13.3 Å². The monoisotopic (exact) mass is 267 g/mol. The van der Waals surface area contributed by atoms with Gasteiger partial charge in [-0.15, -0.1) is 0 Å². The fraction of sp³-hybridized carbons (Fsp3) is 1.00. The van der Waals surface area contributed by atoms with Gasteiger partial charge < -0.3 is 10.1 Å². The molecule has 1 N–H and O–H groups in total. The molecule has 3 atom stereocenters. The van der Waals surface area contributed by atoms with Gasteiger partial charge in [-0.05, 0) is 38.6 Å². The lowest BCUT2D eigenvalue weighted by molar-refractivity contribution is -0.139. The number of nitrogens with one attached hydrogen (secondary N) is 1. The van der Waals surface area contributed by atoms with Crippen LogP contribution in [0.25, 0.3) is 0 Å². The van der Waals surface area contributed by atoms with Crippen molar-refractivity contribution in [3.63, 3.8) is 0 Å². The molecule has 5 heteroatoms. The van der Waals surface area contributed by atoms with Gasteiger partial charge in [0.2, 0.25) is 0 Å². The zero-order valence-electron chi connectivity index (χ0n) is 11.2. The number of rotatable bonds is 6. The predicted molar refractivity (Wildman–Crippen MR) is 65.5 cm³/mol. The molecule has 1 aliphatic rings. The molecule has 0 aliphatic heterocycles. The normalized spacial score (nSPS) is 29.5. The van der Waals surface area contributed by atoms with Crippen LogP contribution >= 0.6 is 0 Å². The Morgan fingerprint density at radius 3 is 2.56 bits per heavy atom. The van der Waals surface area contributed by atoms with Gasteiger partial charge in [0.25, 0.3) is 0 Å². The van der Waals surface area contributed by atoms with Crippen molar-refractivity contribution in [3.05, 3.63) is 0 Å². The van der Waals surface area contributed by atoms with Gasteiger partial charge in [0, 0.05) is 19.1 Å². The molecule has 0 radical (unpaired) electrons. The van der Waals surface area contributed by atoms with Crippen molar-refractivity contribution in [2.45, 2.75) is 63.8 Å². The minimum Gasteiger partial charge on any atom is -0.377 e. The minimum atomic E-state index is -4.07. The summed E-state index contributed by atoms with van der Waals surface area (Å²) < 4.78 is 41.7. The molecule has 2 nitrogen and oxygen atoms in total. The fourth-order valence-electron chi connectivity index (χ4n) is 2.60. The molecule has 0 heterocycles. The first-order chi connectivity index (χ1) is 8.46.